The van der Waals surface area contributed by atoms with Crippen molar-refractivity contribution in [3.63, 3.8) is 0 Å². The molecule has 0 aliphatic carbocycles. The lowest BCUT2D eigenvalue weighted by Gasteiger charge is -2.19. The van der Waals surface area contributed by atoms with Gasteiger partial charge < -0.3 is 19.7 Å². The van der Waals surface area contributed by atoms with Crippen molar-refractivity contribution in [3.05, 3.63) is 47.8 Å². The van der Waals surface area contributed by atoms with Crippen LogP contribution in [0.5, 0.6) is 5.75 Å². The van der Waals surface area contributed by atoms with Gasteiger partial charge in [0.15, 0.2) is 0 Å². The van der Waals surface area contributed by atoms with E-state index in [1.54, 1.807) is 6.07 Å². The molecule has 164 valence electrons. The summed E-state index contributed by atoms with van der Waals surface area (Å²) in [5.74, 6) is -0.545. The number of aliphatic carboxylic acids is 1. The quantitative estimate of drug-likeness (QED) is 0.469. The zero-order valence-corrected chi connectivity index (χ0v) is 18.9. The summed E-state index contributed by atoms with van der Waals surface area (Å²) in [6.45, 7) is 14.0. The first-order chi connectivity index (χ1) is 14.8. The Morgan fingerprint density at radius 1 is 1.06 bits per heavy atom. The molecule has 4 aromatic rings. The maximum Gasteiger partial charge on any atom is 0.300 e. The normalized spacial score (nSPS) is 11.3. The lowest BCUT2D eigenvalue weighted by atomic mass is 9.97. The van der Waals surface area contributed by atoms with E-state index in [1.165, 1.54) is 21.9 Å². The number of aromatic hydroxyl groups is 1. The molecule has 0 spiro atoms. The SMILES string of the molecule is CC(=O)O.CCN(CC)CCn1ccc2c(C)c3nc4ccc(O)cc4c3c(C)c2c1. The highest BCUT2D eigenvalue weighted by Gasteiger charge is 2.15. The fourth-order valence-corrected chi connectivity index (χ4v) is 4.14. The molecule has 2 aromatic carbocycles. The van der Waals surface area contributed by atoms with Gasteiger partial charge in [0, 0.05) is 48.6 Å². The van der Waals surface area contributed by atoms with Crippen molar-refractivity contribution in [2.24, 2.45) is 0 Å². The smallest absolute Gasteiger partial charge is 0.300 e. The van der Waals surface area contributed by atoms with Crippen molar-refractivity contribution in [2.75, 3.05) is 19.6 Å². The van der Waals surface area contributed by atoms with E-state index >= 15 is 0 Å². The van der Waals surface area contributed by atoms with E-state index in [2.05, 4.69) is 55.6 Å². The fraction of sp³-hybridized carbons (Fsp3) is 0.360. The number of likely N-dealkylation sites (N-methyl/N-ethyl adjacent to an activating group) is 1. The second kappa shape index (κ2) is 9.35. The number of carboxylic acids is 1. The van der Waals surface area contributed by atoms with Crippen molar-refractivity contribution in [1.29, 1.82) is 0 Å². The summed E-state index contributed by atoms with van der Waals surface area (Å²) in [6, 6.07) is 7.66. The third kappa shape index (κ3) is 4.64. The number of aromatic nitrogens is 2. The Balaban J connectivity index is 0.000000628. The molecule has 0 atom stereocenters. The van der Waals surface area contributed by atoms with Gasteiger partial charge in [-0.1, -0.05) is 13.8 Å². The number of rotatable bonds is 5. The molecule has 0 fully saturated rings. The van der Waals surface area contributed by atoms with Crippen molar-refractivity contribution in [1.82, 2.24) is 14.5 Å². The van der Waals surface area contributed by atoms with Crippen LogP contribution >= 0.6 is 0 Å². The number of carboxylic acid groups (broad SMARTS) is 1. The van der Waals surface area contributed by atoms with Crippen LogP contribution in [0.1, 0.15) is 31.9 Å². The average molecular weight is 422 g/mol. The largest absolute Gasteiger partial charge is 0.508 e. The molecule has 0 unspecified atom stereocenters. The Morgan fingerprint density at radius 3 is 2.39 bits per heavy atom. The summed E-state index contributed by atoms with van der Waals surface area (Å²) >= 11 is 0. The predicted octanol–water partition coefficient (Wildman–Crippen LogP) is 5.10. The fourth-order valence-electron chi connectivity index (χ4n) is 4.14. The van der Waals surface area contributed by atoms with Gasteiger partial charge in [0.2, 0.25) is 0 Å². The molecule has 0 aliphatic heterocycles. The summed E-state index contributed by atoms with van der Waals surface area (Å²) in [7, 11) is 0. The minimum Gasteiger partial charge on any atom is -0.508 e. The van der Waals surface area contributed by atoms with Gasteiger partial charge in [-0.3, -0.25) is 4.79 Å². The lowest BCUT2D eigenvalue weighted by molar-refractivity contribution is -0.134. The van der Waals surface area contributed by atoms with Gasteiger partial charge in [-0.2, -0.15) is 0 Å². The summed E-state index contributed by atoms with van der Waals surface area (Å²) in [4.78, 5) is 16.3. The second-order valence-electron chi connectivity index (χ2n) is 7.84. The summed E-state index contributed by atoms with van der Waals surface area (Å²) in [5.41, 5.74) is 4.42. The van der Waals surface area contributed by atoms with Gasteiger partial charge in [-0.25, -0.2) is 4.98 Å². The van der Waals surface area contributed by atoms with Crippen LogP contribution in [-0.2, 0) is 11.3 Å². The molecular formula is C25H31N3O3. The number of benzene rings is 2. The molecule has 2 aromatic heterocycles. The highest BCUT2D eigenvalue weighted by Crippen LogP contribution is 2.37. The molecular weight excluding hydrogens is 390 g/mol. The predicted molar refractivity (Wildman–Crippen MR) is 127 cm³/mol. The minimum absolute atomic E-state index is 0.288. The molecule has 0 aliphatic rings. The van der Waals surface area contributed by atoms with Gasteiger partial charge >= 0.3 is 0 Å². The number of nitrogens with zero attached hydrogens (tertiary/aromatic N) is 3. The van der Waals surface area contributed by atoms with Gasteiger partial charge in [0.25, 0.3) is 5.97 Å². The third-order valence-electron chi connectivity index (χ3n) is 5.84. The standard InChI is InChI=1S/C23H27N3O.C2H4O2/c1-5-25(6-2)11-12-26-10-9-18-16(4)23-22(15(3)20(18)14-26)19-13-17(27)7-8-21(19)24-23;1-2(3)4/h7-10,13-14,27H,5-6,11-12H2,1-4H3;1H3,(H,3,4). The Bertz CT molecular complexity index is 1240. The van der Waals surface area contributed by atoms with E-state index in [4.69, 9.17) is 14.9 Å². The van der Waals surface area contributed by atoms with Gasteiger partial charge in [-0.05, 0) is 67.7 Å². The van der Waals surface area contributed by atoms with E-state index in [1.807, 2.05) is 12.1 Å². The highest BCUT2D eigenvalue weighted by atomic mass is 16.4. The molecule has 0 bridgehead atoms. The molecule has 0 saturated heterocycles. The van der Waals surface area contributed by atoms with Crippen LogP contribution in [0, 0.1) is 13.8 Å². The minimum atomic E-state index is -0.833. The Kier molecular flexibility index (Phi) is 6.81. The van der Waals surface area contributed by atoms with Gasteiger partial charge in [-0.15, -0.1) is 0 Å². The second-order valence-corrected chi connectivity index (χ2v) is 7.84. The lowest BCUT2D eigenvalue weighted by Crippen LogP contribution is -2.26. The van der Waals surface area contributed by atoms with Crippen LogP contribution in [0.4, 0.5) is 0 Å². The highest BCUT2D eigenvalue weighted by molar-refractivity contribution is 6.16. The molecule has 6 nitrogen and oxygen atoms in total. The monoisotopic (exact) mass is 421 g/mol. The number of carbonyl (C=O) groups is 1. The maximum atomic E-state index is 9.96. The third-order valence-corrected chi connectivity index (χ3v) is 5.84. The molecule has 6 heteroatoms. The number of phenols is 1. The van der Waals surface area contributed by atoms with E-state index in [0.717, 1.165) is 54.9 Å². The maximum absolute atomic E-state index is 9.96. The van der Waals surface area contributed by atoms with Gasteiger partial charge in [0.05, 0.1) is 11.0 Å². The van der Waals surface area contributed by atoms with Crippen molar-refractivity contribution >= 4 is 38.5 Å². The summed E-state index contributed by atoms with van der Waals surface area (Å²) < 4.78 is 2.29. The number of pyridine rings is 1. The van der Waals surface area contributed by atoms with Crippen molar-refractivity contribution in [3.8, 4) is 5.75 Å². The molecule has 0 radical (unpaired) electrons. The molecule has 31 heavy (non-hydrogen) atoms. The topological polar surface area (TPSA) is 78.6 Å². The Labute approximate surface area is 182 Å². The number of phenolic OH excluding ortho intramolecular Hbond substituents is 1. The summed E-state index contributed by atoms with van der Waals surface area (Å²) in [6.07, 6.45) is 4.45. The van der Waals surface area contributed by atoms with Crippen LogP contribution in [-0.4, -0.2) is 50.3 Å². The number of hydrogen-bond donors (Lipinski definition) is 2. The van der Waals surface area contributed by atoms with Gasteiger partial charge in [0.1, 0.15) is 5.75 Å². The van der Waals surface area contributed by atoms with Crippen LogP contribution in [0.15, 0.2) is 36.7 Å². The Morgan fingerprint density at radius 2 is 1.74 bits per heavy atom. The molecule has 4 rings (SSSR count). The van der Waals surface area contributed by atoms with Crippen LogP contribution < -0.4 is 0 Å². The molecule has 2 N–H and O–H groups in total. The first-order valence-corrected chi connectivity index (χ1v) is 10.7. The zero-order valence-electron chi connectivity index (χ0n) is 18.9. The first-order valence-electron chi connectivity index (χ1n) is 10.7. The summed E-state index contributed by atoms with van der Waals surface area (Å²) in [5, 5.41) is 22.1. The van der Waals surface area contributed by atoms with Crippen LogP contribution in [0.25, 0.3) is 32.6 Å². The Hall–Kier alpha value is -3.12. The van der Waals surface area contributed by atoms with Crippen molar-refractivity contribution < 1.29 is 15.0 Å². The van der Waals surface area contributed by atoms with E-state index in [9.17, 15) is 5.11 Å². The van der Waals surface area contributed by atoms with E-state index in [0.29, 0.717) is 0 Å². The van der Waals surface area contributed by atoms with E-state index < -0.39 is 5.97 Å². The first kappa shape index (κ1) is 22.6. The molecule has 0 amide bonds. The number of aryl methyl sites for hydroxylation is 2. The average Bonchev–Trinajstić information content (AvgIpc) is 3.11. The molecule has 0 saturated carbocycles. The number of fused-ring (bicyclic) bond motifs is 4. The number of hydrogen-bond acceptors (Lipinski definition) is 4. The van der Waals surface area contributed by atoms with Crippen LogP contribution in [0.2, 0.25) is 0 Å². The zero-order chi connectivity index (χ0) is 22.7. The molecule has 2 heterocycles. The van der Waals surface area contributed by atoms with E-state index in [-0.39, 0.29) is 5.75 Å². The van der Waals surface area contributed by atoms with Crippen LogP contribution in [0.3, 0.4) is 0 Å². The van der Waals surface area contributed by atoms with Crippen molar-refractivity contribution in [2.45, 2.75) is 41.2 Å².